The van der Waals surface area contributed by atoms with Gasteiger partial charge >= 0.3 is 0 Å². The fourth-order valence-electron chi connectivity index (χ4n) is 14.6. The molecule has 4 saturated carbocycles. The standard InChI is InChI=1S/C68H50N2/c1-3-14-44(15-4-1)45-26-30-47(31-27-45)62-41-63(70-67(69-62)49-16-5-2-6-17-49)66-57-22-11-9-20-55(57)64(56-21-10-12-23-58(56)66)48-32-28-46(29-33-48)54-24-13-25-60-65(54)59-39-50-18-7-8-19-51(50)40-61(59)68(60)52-35-42-34-43(37-52)38-53(68)36-42/h1-33,39-43,52-53H,34-38H2. The molecule has 0 atom stereocenters. The smallest absolute Gasteiger partial charge is 0.160 e. The zero-order valence-electron chi connectivity index (χ0n) is 39.0. The number of hydrogen-bond acceptors (Lipinski definition) is 2. The van der Waals surface area contributed by atoms with Crippen LogP contribution in [0.4, 0.5) is 0 Å². The van der Waals surface area contributed by atoms with Crippen molar-refractivity contribution in [3.05, 3.63) is 230 Å². The minimum Gasteiger partial charge on any atom is -0.228 e. The molecule has 1 aromatic heterocycles. The third-order valence-electron chi connectivity index (χ3n) is 17.3. The topological polar surface area (TPSA) is 25.8 Å². The third-order valence-corrected chi connectivity index (χ3v) is 17.3. The van der Waals surface area contributed by atoms with Crippen LogP contribution in [0, 0.1) is 23.7 Å². The molecular formula is C68H50N2. The second kappa shape index (κ2) is 15.5. The summed E-state index contributed by atoms with van der Waals surface area (Å²) in [6, 6.07) is 80.9. The van der Waals surface area contributed by atoms with Crippen LogP contribution in [0.5, 0.6) is 0 Å². The van der Waals surface area contributed by atoms with Crippen molar-refractivity contribution in [2.24, 2.45) is 23.7 Å². The van der Waals surface area contributed by atoms with Crippen LogP contribution in [0.25, 0.3) is 111 Å². The number of nitrogens with zero attached hydrogens (tertiary/aromatic N) is 2. The minimum atomic E-state index is 0.108. The van der Waals surface area contributed by atoms with Crippen molar-refractivity contribution in [1.82, 2.24) is 9.97 Å². The third kappa shape index (κ3) is 5.99. The van der Waals surface area contributed by atoms with E-state index in [4.69, 9.17) is 9.97 Å². The molecule has 0 N–H and O–H groups in total. The second-order valence-corrected chi connectivity index (χ2v) is 20.8. The minimum absolute atomic E-state index is 0.108. The molecule has 0 radical (unpaired) electrons. The first-order chi connectivity index (χ1) is 34.7. The van der Waals surface area contributed by atoms with Gasteiger partial charge in [-0.15, -0.1) is 0 Å². The molecule has 1 heterocycles. The van der Waals surface area contributed by atoms with E-state index in [1.165, 1.54) is 109 Å². The van der Waals surface area contributed by atoms with Crippen LogP contribution < -0.4 is 0 Å². The van der Waals surface area contributed by atoms with Gasteiger partial charge in [0.25, 0.3) is 0 Å². The largest absolute Gasteiger partial charge is 0.228 e. The van der Waals surface area contributed by atoms with Crippen molar-refractivity contribution < 1.29 is 0 Å². The van der Waals surface area contributed by atoms with Crippen LogP contribution in [0.3, 0.4) is 0 Å². The van der Waals surface area contributed by atoms with Crippen LogP contribution in [0.15, 0.2) is 218 Å². The van der Waals surface area contributed by atoms with Gasteiger partial charge in [0, 0.05) is 22.1 Å². The highest BCUT2D eigenvalue weighted by atomic mass is 14.9. The molecule has 5 aliphatic carbocycles. The monoisotopic (exact) mass is 894 g/mol. The fraction of sp³-hybridized carbons (Fsp3) is 0.147. The van der Waals surface area contributed by atoms with Gasteiger partial charge in [0.2, 0.25) is 0 Å². The first-order valence-corrected chi connectivity index (χ1v) is 25.5. The lowest BCUT2D eigenvalue weighted by atomic mass is 9.43. The van der Waals surface area contributed by atoms with Gasteiger partial charge in [-0.1, -0.05) is 200 Å². The number of hydrogen-bond donors (Lipinski definition) is 0. The molecule has 70 heavy (non-hydrogen) atoms. The highest BCUT2D eigenvalue weighted by Gasteiger charge is 2.61. The maximum Gasteiger partial charge on any atom is 0.160 e. The Morgan fingerprint density at radius 1 is 0.314 bits per heavy atom. The summed E-state index contributed by atoms with van der Waals surface area (Å²) in [5, 5.41) is 7.49. The molecule has 332 valence electrons. The van der Waals surface area contributed by atoms with Crippen LogP contribution >= 0.6 is 0 Å². The Balaban J connectivity index is 0.879. The van der Waals surface area contributed by atoms with E-state index in [9.17, 15) is 0 Å². The van der Waals surface area contributed by atoms with Crippen LogP contribution in [0.1, 0.15) is 43.2 Å². The summed E-state index contributed by atoms with van der Waals surface area (Å²) in [4.78, 5) is 10.7. The Kier molecular flexibility index (Phi) is 8.88. The van der Waals surface area contributed by atoms with Gasteiger partial charge in [-0.2, -0.15) is 0 Å². The fourth-order valence-corrected chi connectivity index (χ4v) is 14.6. The van der Waals surface area contributed by atoms with Crippen molar-refractivity contribution in [3.8, 4) is 78.4 Å². The average molecular weight is 895 g/mol. The van der Waals surface area contributed by atoms with E-state index in [0.29, 0.717) is 5.82 Å². The van der Waals surface area contributed by atoms with E-state index in [1.807, 2.05) is 6.07 Å². The molecule has 0 unspecified atom stereocenters. The van der Waals surface area contributed by atoms with Crippen LogP contribution in [-0.4, -0.2) is 9.97 Å². The Bertz CT molecular complexity index is 3780. The van der Waals surface area contributed by atoms with E-state index in [1.54, 1.807) is 11.1 Å². The van der Waals surface area contributed by atoms with Gasteiger partial charge < -0.3 is 0 Å². The lowest BCUT2D eigenvalue weighted by Crippen LogP contribution is -2.55. The normalized spacial score (nSPS) is 20.6. The highest BCUT2D eigenvalue weighted by molar-refractivity contribution is 6.21. The van der Waals surface area contributed by atoms with Crippen molar-refractivity contribution in [2.75, 3.05) is 0 Å². The second-order valence-electron chi connectivity index (χ2n) is 20.8. The lowest BCUT2D eigenvalue weighted by Gasteiger charge is -2.61. The first-order valence-electron chi connectivity index (χ1n) is 25.5. The van der Waals surface area contributed by atoms with Gasteiger partial charge in [-0.3, -0.25) is 0 Å². The summed E-state index contributed by atoms with van der Waals surface area (Å²) in [6.45, 7) is 0. The molecule has 4 bridgehead atoms. The predicted octanol–water partition coefficient (Wildman–Crippen LogP) is 17.7. The summed E-state index contributed by atoms with van der Waals surface area (Å²) >= 11 is 0. The molecule has 11 aromatic rings. The lowest BCUT2D eigenvalue weighted by molar-refractivity contribution is -0.0398. The maximum atomic E-state index is 5.42. The van der Waals surface area contributed by atoms with Crippen molar-refractivity contribution in [3.63, 3.8) is 0 Å². The van der Waals surface area contributed by atoms with Crippen LogP contribution in [0.2, 0.25) is 0 Å². The number of rotatable bonds is 6. The highest BCUT2D eigenvalue weighted by Crippen LogP contribution is 2.70. The van der Waals surface area contributed by atoms with Gasteiger partial charge in [0.05, 0.1) is 11.4 Å². The molecule has 16 rings (SSSR count). The average Bonchev–Trinajstić information content (AvgIpc) is 3.71. The Labute approximate surface area is 409 Å². The molecule has 10 aromatic carbocycles. The molecule has 2 nitrogen and oxygen atoms in total. The summed E-state index contributed by atoms with van der Waals surface area (Å²) in [7, 11) is 0. The molecule has 4 fully saturated rings. The van der Waals surface area contributed by atoms with Gasteiger partial charge in [-0.25, -0.2) is 9.97 Å². The Hall–Kier alpha value is -7.94. The van der Waals surface area contributed by atoms with E-state index < -0.39 is 0 Å². The zero-order chi connectivity index (χ0) is 45.9. The molecule has 1 spiro atoms. The maximum absolute atomic E-state index is 5.42. The van der Waals surface area contributed by atoms with E-state index in [0.717, 1.165) is 51.7 Å². The number of aromatic nitrogens is 2. The summed E-state index contributed by atoms with van der Waals surface area (Å²) in [5.41, 5.74) is 18.7. The molecule has 2 heteroatoms. The molecule has 0 saturated heterocycles. The van der Waals surface area contributed by atoms with Crippen LogP contribution in [-0.2, 0) is 5.41 Å². The molecular weight excluding hydrogens is 845 g/mol. The zero-order valence-corrected chi connectivity index (χ0v) is 39.0. The molecule has 5 aliphatic rings. The van der Waals surface area contributed by atoms with E-state index >= 15 is 0 Å². The number of benzene rings is 10. The van der Waals surface area contributed by atoms with Gasteiger partial charge in [-0.05, 0) is 162 Å². The summed E-state index contributed by atoms with van der Waals surface area (Å²) in [5.74, 6) is 3.97. The van der Waals surface area contributed by atoms with E-state index in [-0.39, 0.29) is 5.41 Å². The first kappa shape index (κ1) is 40.0. The van der Waals surface area contributed by atoms with Crippen molar-refractivity contribution >= 4 is 32.3 Å². The summed E-state index contributed by atoms with van der Waals surface area (Å²) in [6.07, 6.45) is 6.99. The quantitative estimate of drug-likeness (QED) is 0.155. The van der Waals surface area contributed by atoms with Crippen molar-refractivity contribution in [2.45, 2.75) is 37.5 Å². The number of fused-ring (bicyclic) bond motifs is 6. The van der Waals surface area contributed by atoms with E-state index in [2.05, 4.69) is 212 Å². The summed E-state index contributed by atoms with van der Waals surface area (Å²) < 4.78 is 0. The van der Waals surface area contributed by atoms with Gasteiger partial charge in [0.1, 0.15) is 0 Å². The molecule has 0 aliphatic heterocycles. The predicted molar refractivity (Wildman–Crippen MR) is 290 cm³/mol. The Morgan fingerprint density at radius 3 is 1.46 bits per heavy atom. The molecule has 0 amide bonds. The van der Waals surface area contributed by atoms with Gasteiger partial charge in [0.15, 0.2) is 5.82 Å². The Morgan fingerprint density at radius 2 is 0.814 bits per heavy atom. The SMILES string of the molecule is c1ccc(-c2ccc(-c3cc(-c4c5ccccc5c(-c5ccc(-c6cccc7c6-c6cc8ccccc8cc6C76C7CC8CC(C7)CC6C8)cc5)c5ccccc45)nc(-c4ccccc4)n3)cc2)cc1. The van der Waals surface area contributed by atoms with Crippen molar-refractivity contribution in [1.29, 1.82) is 0 Å².